The molecule has 17 heavy (non-hydrogen) atoms. The van der Waals surface area contributed by atoms with Gasteiger partial charge in [0.25, 0.3) is 0 Å². The van der Waals surface area contributed by atoms with Crippen molar-refractivity contribution in [3.05, 3.63) is 36.5 Å². The highest BCUT2D eigenvalue weighted by atomic mass is 16.1. The summed E-state index contributed by atoms with van der Waals surface area (Å²) in [5, 5.41) is 9.47. The number of hydrogen-bond donors (Lipinski definition) is 0. The smallest absolute Gasteiger partial charge is 0.120 e. The van der Waals surface area contributed by atoms with Crippen LogP contribution < -0.4 is 0 Å². The van der Waals surface area contributed by atoms with E-state index < -0.39 is 5.41 Å². The summed E-state index contributed by atoms with van der Waals surface area (Å²) in [6, 6.07) is 2.40. The van der Waals surface area contributed by atoms with Crippen molar-refractivity contribution in [3.8, 4) is 6.07 Å². The Morgan fingerprint density at radius 2 is 2.18 bits per heavy atom. The first-order chi connectivity index (χ1) is 8.20. The molecule has 0 aromatic heterocycles. The lowest BCUT2D eigenvalue weighted by atomic mass is 9.74. The van der Waals surface area contributed by atoms with Crippen molar-refractivity contribution < 1.29 is 4.79 Å². The van der Waals surface area contributed by atoms with E-state index in [-0.39, 0.29) is 0 Å². The van der Waals surface area contributed by atoms with Gasteiger partial charge in [-0.15, -0.1) is 0 Å². The van der Waals surface area contributed by atoms with E-state index in [4.69, 9.17) is 0 Å². The second-order valence-corrected chi connectivity index (χ2v) is 3.99. The molecule has 0 N–H and O–H groups in total. The Labute approximate surface area is 104 Å². The Bertz CT molecular complexity index is 346. The molecule has 1 unspecified atom stereocenters. The average molecular weight is 231 g/mol. The summed E-state index contributed by atoms with van der Waals surface area (Å²) in [4.78, 5) is 10.5. The molecule has 0 fully saturated rings. The highest BCUT2D eigenvalue weighted by Gasteiger charge is 2.31. The van der Waals surface area contributed by atoms with Crippen LogP contribution in [-0.4, -0.2) is 6.29 Å². The standard InChI is InChI=1S/C15H21NO/c1-4-7-9-14(6-3)15(13-16,10-5-2)11-8-12-17/h4,6-7,9,12H,1,5,8,10-11H2,2-3H3/b9-7-,14-6+. The molecule has 0 aliphatic heterocycles. The van der Waals surface area contributed by atoms with Crippen molar-refractivity contribution in [2.75, 3.05) is 0 Å². The van der Waals surface area contributed by atoms with Gasteiger partial charge in [0.1, 0.15) is 6.29 Å². The van der Waals surface area contributed by atoms with Crippen molar-refractivity contribution >= 4 is 6.29 Å². The molecule has 0 bridgehead atoms. The molecule has 92 valence electrons. The highest BCUT2D eigenvalue weighted by Crippen LogP contribution is 2.37. The minimum Gasteiger partial charge on any atom is -0.303 e. The van der Waals surface area contributed by atoms with Crippen LogP contribution in [-0.2, 0) is 4.79 Å². The van der Waals surface area contributed by atoms with Gasteiger partial charge in [-0.25, -0.2) is 0 Å². The first-order valence-electron chi connectivity index (χ1n) is 6.01. The molecule has 0 spiro atoms. The summed E-state index contributed by atoms with van der Waals surface area (Å²) in [5.74, 6) is 0. The lowest BCUT2D eigenvalue weighted by Gasteiger charge is -2.27. The number of nitrogens with zero attached hydrogens (tertiary/aromatic N) is 1. The van der Waals surface area contributed by atoms with Crippen LogP contribution in [0.3, 0.4) is 0 Å². The Hall–Kier alpha value is -1.62. The van der Waals surface area contributed by atoms with Gasteiger partial charge in [-0.3, -0.25) is 0 Å². The third-order valence-corrected chi connectivity index (χ3v) is 2.86. The number of nitriles is 1. The molecule has 0 aliphatic rings. The van der Waals surface area contributed by atoms with Crippen LogP contribution in [0.4, 0.5) is 0 Å². The Balaban J connectivity index is 5.24. The molecule has 0 heterocycles. The highest BCUT2D eigenvalue weighted by molar-refractivity contribution is 5.50. The molecular weight excluding hydrogens is 210 g/mol. The largest absolute Gasteiger partial charge is 0.303 e. The van der Waals surface area contributed by atoms with Crippen LogP contribution in [0.1, 0.15) is 39.5 Å². The molecule has 0 aliphatic carbocycles. The molecule has 2 heteroatoms. The van der Waals surface area contributed by atoms with Crippen LogP contribution in [0.15, 0.2) is 36.5 Å². The first-order valence-corrected chi connectivity index (χ1v) is 6.01. The number of carbonyl (C=O) groups is 1. The molecule has 2 nitrogen and oxygen atoms in total. The topological polar surface area (TPSA) is 40.9 Å². The van der Waals surface area contributed by atoms with E-state index in [2.05, 4.69) is 19.6 Å². The van der Waals surface area contributed by atoms with E-state index in [1.54, 1.807) is 6.08 Å². The molecule has 0 aromatic carbocycles. The van der Waals surface area contributed by atoms with Gasteiger partial charge in [0.2, 0.25) is 0 Å². The quantitative estimate of drug-likeness (QED) is 0.468. The first kappa shape index (κ1) is 15.4. The third kappa shape index (κ3) is 4.40. The van der Waals surface area contributed by atoms with Crippen LogP contribution in [0, 0.1) is 16.7 Å². The lowest BCUT2D eigenvalue weighted by molar-refractivity contribution is -0.108. The zero-order valence-corrected chi connectivity index (χ0v) is 10.8. The molecular formula is C15H21NO. The monoisotopic (exact) mass is 231 g/mol. The third-order valence-electron chi connectivity index (χ3n) is 2.86. The van der Waals surface area contributed by atoms with Gasteiger partial charge in [-0.1, -0.05) is 44.2 Å². The summed E-state index contributed by atoms with van der Waals surface area (Å²) in [6.07, 6.45) is 11.0. The number of allylic oxidation sites excluding steroid dienone is 5. The van der Waals surface area contributed by atoms with E-state index in [0.717, 1.165) is 24.7 Å². The zero-order valence-electron chi connectivity index (χ0n) is 10.8. The molecule has 1 atom stereocenters. The van der Waals surface area contributed by atoms with Crippen molar-refractivity contribution in [2.24, 2.45) is 5.41 Å². The van der Waals surface area contributed by atoms with Crippen LogP contribution in [0.2, 0.25) is 0 Å². The Morgan fingerprint density at radius 3 is 2.59 bits per heavy atom. The Morgan fingerprint density at radius 1 is 1.47 bits per heavy atom. The van der Waals surface area contributed by atoms with Gasteiger partial charge < -0.3 is 4.79 Å². The fourth-order valence-corrected chi connectivity index (χ4v) is 2.03. The van der Waals surface area contributed by atoms with Crippen molar-refractivity contribution in [2.45, 2.75) is 39.5 Å². The zero-order chi connectivity index (χ0) is 13.1. The fraction of sp³-hybridized carbons (Fsp3) is 0.467. The van der Waals surface area contributed by atoms with Crippen molar-refractivity contribution in [1.29, 1.82) is 5.26 Å². The number of hydrogen-bond acceptors (Lipinski definition) is 2. The molecule has 0 amide bonds. The van der Waals surface area contributed by atoms with Gasteiger partial charge in [-0.2, -0.15) is 5.26 Å². The summed E-state index contributed by atoms with van der Waals surface area (Å²) >= 11 is 0. The Kier molecular flexibility index (Phi) is 7.71. The van der Waals surface area contributed by atoms with Gasteiger partial charge in [0, 0.05) is 6.42 Å². The predicted molar refractivity (Wildman–Crippen MR) is 71.3 cm³/mol. The molecule has 0 rings (SSSR count). The van der Waals surface area contributed by atoms with Gasteiger partial charge >= 0.3 is 0 Å². The summed E-state index contributed by atoms with van der Waals surface area (Å²) in [5.41, 5.74) is 0.438. The number of aldehydes is 1. The average Bonchev–Trinajstić information content (AvgIpc) is 2.36. The summed E-state index contributed by atoms with van der Waals surface area (Å²) in [7, 11) is 0. The maximum atomic E-state index is 10.5. The number of rotatable bonds is 8. The minimum absolute atomic E-state index is 0.423. The normalized spacial score (nSPS) is 15.2. The van der Waals surface area contributed by atoms with E-state index >= 15 is 0 Å². The van der Waals surface area contributed by atoms with Crippen LogP contribution in [0.25, 0.3) is 0 Å². The minimum atomic E-state index is -0.538. The summed E-state index contributed by atoms with van der Waals surface area (Å²) in [6.45, 7) is 7.60. The fourth-order valence-electron chi connectivity index (χ4n) is 2.03. The maximum Gasteiger partial charge on any atom is 0.120 e. The maximum absolute atomic E-state index is 10.5. The summed E-state index contributed by atoms with van der Waals surface area (Å²) < 4.78 is 0. The SMILES string of the molecule is C=C/C=C\C(=C/C)C(C#N)(CCC)CCC=O. The molecule has 0 saturated carbocycles. The molecule has 0 saturated heterocycles. The lowest BCUT2D eigenvalue weighted by Crippen LogP contribution is -2.21. The predicted octanol–water partition coefficient (Wildman–Crippen LogP) is 3.96. The molecule has 0 aromatic rings. The number of carbonyl (C=O) groups excluding carboxylic acids is 1. The van der Waals surface area contributed by atoms with Gasteiger partial charge in [0.05, 0.1) is 11.5 Å². The second-order valence-electron chi connectivity index (χ2n) is 3.99. The van der Waals surface area contributed by atoms with E-state index in [1.807, 2.05) is 25.2 Å². The van der Waals surface area contributed by atoms with E-state index in [1.165, 1.54) is 0 Å². The van der Waals surface area contributed by atoms with Gasteiger partial charge in [0.15, 0.2) is 0 Å². The van der Waals surface area contributed by atoms with Gasteiger partial charge in [-0.05, 0) is 25.3 Å². The van der Waals surface area contributed by atoms with Crippen LogP contribution >= 0.6 is 0 Å². The second kappa shape index (κ2) is 8.52. The van der Waals surface area contributed by atoms with Crippen molar-refractivity contribution in [1.82, 2.24) is 0 Å². The van der Waals surface area contributed by atoms with Crippen molar-refractivity contribution in [3.63, 3.8) is 0 Å². The van der Waals surface area contributed by atoms with E-state index in [9.17, 15) is 10.1 Å². The molecule has 0 radical (unpaired) electrons. The van der Waals surface area contributed by atoms with E-state index in [0.29, 0.717) is 12.8 Å². The van der Waals surface area contributed by atoms with Crippen LogP contribution in [0.5, 0.6) is 0 Å².